The summed E-state index contributed by atoms with van der Waals surface area (Å²) < 4.78 is 0. The number of hydrogen-bond donors (Lipinski definition) is 1. The van der Waals surface area contributed by atoms with Gasteiger partial charge in [0, 0.05) is 19.3 Å². The number of rotatable bonds is 15. The Bertz CT molecular complexity index is 358. The fourth-order valence-electron chi connectivity index (χ4n) is 2.18. The van der Waals surface area contributed by atoms with E-state index in [9.17, 15) is 14.4 Å². The van der Waals surface area contributed by atoms with Crippen molar-refractivity contribution in [1.82, 2.24) is 0 Å². The van der Waals surface area contributed by atoms with Crippen LogP contribution in [0.5, 0.6) is 0 Å². The molecule has 0 rings (SSSR count). The molecule has 0 aromatic heterocycles. The summed E-state index contributed by atoms with van der Waals surface area (Å²) >= 11 is 0. The molecule has 0 aromatic carbocycles. The van der Waals surface area contributed by atoms with Gasteiger partial charge in [-0.05, 0) is 31.4 Å². The molecule has 0 aliphatic rings. The molecule has 0 atom stereocenters. The third-order valence-corrected chi connectivity index (χ3v) is 3.55. The van der Waals surface area contributed by atoms with Crippen molar-refractivity contribution in [1.29, 1.82) is 0 Å². The fraction of sp³-hybridized carbons (Fsp3) is 0.722. The first kappa shape index (κ1) is 20.6. The molecule has 0 fully saturated rings. The molecule has 4 nitrogen and oxygen atoms in total. The predicted octanol–water partition coefficient (Wildman–Crippen LogP) is 4.47. The van der Waals surface area contributed by atoms with Crippen LogP contribution in [0.25, 0.3) is 0 Å². The van der Waals surface area contributed by atoms with Gasteiger partial charge in [-0.1, -0.05) is 45.4 Å². The van der Waals surface area contributed by atoms with E-state index in [1.165, 1.54) is 12.2 Å². The Balaban J connectivity index is 3.53. The molecule has 0 radical (unpaired) electrons. The second-order valence-electron chi connectivity index (χ2n) is 5.74. The number of allylic oxidation sites excluding steroid dienone is 2. The van der Waals surface area contributed by atoms with E-state index in [0.29, 0.717) is 19.3 Å². The van der Waals surface area contributed by atoms with Crippen molar-refractivity contribution in [3.8, 4) is 0 Å². The maximum atomic E-state index is 11.6. The maximum Gasteiger partial charge on any atom is 0.303 e. The van der Waals surface area contributed by atoms with Crippen LogP contribution in [-0.2, 0) is 14.4 Å². The number of aliphatic carboxylic acids is 1. The first-order valence-corrected chi connectivity index (χ1v) is 8.51. The van der Waals surface area contributed by atoms with Crippen molar-refractivity contribution in [3.05, 3.63) is 12.2 Å². The van der Waals surface area contributed by atoms with Gasteiger partial charge >= 0.3 is 5.97 Å². The Morgan fingerprint density at radius 3 is 1.55 bits per heavy atom. The van der Waals surface area contributed by atoms with E-state index in [-0.39, 0.29) is 18.0 Å². The monoisotopic (exact) mass is 310 g/mol. The second-order valence-corrected chi connectivity index (χ2v) is 5.74. The van der Waals surface area contributed by atoms with Gasteiger partial charge in [0.25, 0.3) is 0 Å². The molecule has 0 heterocycles. The largest absolute Gasteiger partial charge is 0.481 e. The van der Waals surface area contributed by atoms with Gasteiger partial charge in [0.1, 0.15) is 0 Å². The highest BCUT2D eigenvalue weighted by atomic mass is 16.4. The number of carboxylic acids is 1. The minimum Gasteiger partial charge on any atom is -0.481 e. The van der Waals surface area contributed by atoms with Crippen LogP contribution in [-0.4, -0.2) is 22.6 Å². The number of carbonyl (C=O) groups is 3. The van der Waals surface area contributed by atoms with E-state index >= 15 is 0 Å². The molecule has 22 heavy (non-hydrogen) atoms. The molecule has 0 saturated heterocycles. The lowest BCUT2D eigenvalue weighted by atomic mass is 10.1. The summed E-state index contributed by atoms with van der Waals surface area (Å²) in [5.41, 5.74) is 0. The summed E-state index contributed by atoms with van der Waals surface area (Å²) in [6, 6.07) is 0. The number of hydrogen-bond acceptors (Lipinski definition) is 3. The van der Waals surface area contributed by atoms with E-state index in [1.807, 2.05) is 0 Å². The van der Waals surface area contributed by atoms with Crippen LogP contribution in [0.2, 0.25) is 0 Å². The fourth-order valence-corrected chi connectivity index (χ4v) is 2.18. The lowest BCUT2D eigenvalue weighted by Gasteiger charge is -1.99. The van der Waals surface area contributed by atoms with Crippen molar-refractivity contribution in [2.24, 2.45) is 0 Å². The minimum atomic E-state index is -0.750. The first-order chi connectivity index (χ1) is 10.6. The third-order valence-electron chi connectivity index (χ3n) is 3.55. The molecule has 126 valence electrons. The molecule has 0 bridgehead atoms. The zero-order valence-electron chi connectivity index (χ0n) is 13.8. The highest BCUT2D eigenvalue weighted by Crippen LogP contribution is 2.08. The summed E-state index contributed by atoms with van der Waals surface area (Å²) in [5.74, 6) is -0.703. The number of carboxylic acid groups (broad SMARTS) is 1. The summed E-state index contributed by atoms with van der Waals surface area (Å²) in [6.45, 7) is 2.13. The van der Waals surface area contributed by atoms with Gasteiger partial charge in [0.2, 0.25) is 0 Å². The van der Waals surface area contributed by atoms with Crippen LogP contribution < -0.4 is 0 Å². The summed E-state index contributed by atoms with van der Waals surface area (Å²) in [6.07, 6.45) is 12.6. The highest BCUT2D eigenvalue weighted by Gasteiger charge is 2.01. The number of carbonyl (C=O) groups excluding carboxylic acids is 2. The average molecular weight is 310 g/mol. The Morgan fingerprint density at radius 2 is 1.09 bits per heavy atom. The van der Waals surface area contributed by atoms with Crippen molar-refractivity contribution >= 4 is 17.5 Å². The SMILES string of the molecule is CCCCCCC(=O)/C=C\C(=O)CCCCCCCC(=O)O. The molecule has 0 spiro atoms. The molecule has 4 heteroatoms. The minimum absolute atomic E-state index is 0.00689. The van der Waals surface area contributed by atoms with Gasteiger partial charge in [-0.25, -0.2) is 0 Å². The van der Waals surface area contributed by atoms with Crippen molar-refractivity contribution in [2.75, 3.05) is 0 Å². The standard InChI is InChI=1S/C18H30O4/c1-2-3-4-8-11-16(19)14-15-17(20)12-9-6-5-7-10-13-18(21)22/h14-15H,2-13H2,1H3,(H,21,22)/b15-14-. The van der Waals surface area contributed by atoms with Crippen LogP contribution in [0.15, 0.2) is 12.2 Å². The van der Waals surface area contributed by atoms with E-state index in [1.54, 1.807) is 0 Å². The topological polar surface area (TPSA) is 71.4 Å². The second kappa shape index (κ2) is 14.5. The van der Waals surface area contributed by atoms with Crippen LogP contribution >= 0.6 is 0 Å². The Labute approximate surface area is 134 Å². The predicted molar refractivity (Wildman–Crippen MR) is 87.9 cm³/mol. The normalized spacial score (nSPS) is 11.0. The molecule has 0 saturated carbocycles. The first-order valence-electron chi connectivity index (χ1n) is 8.51. The van der Waals surface area contributed by atoms with Gasteiger partial charge in [0.05, 0.1) is 0 Å². The average Bonchev–Trinajstić information content (AvgIpc) is 2.48. The third kappa shape index (κ3) is 14.9. The molecule has 0 aliphatic heterocycles. The van der Waals surface area contributed by atoms with Crippen molar-refractivity contribution in [3.63, 3.8) is 0 Å². The highest BCUT2D eigenvalue weighted by molar-refractivity contribution is 5.98. The van der Waals surface area contributed by atoms with Crippen LogP contribution in [0.4, 0.5) is 0 Å². The van der Waals surface area contributed by atoms with Gasteiger partial charge in [0.15, 0.2) is 11.6 Å². The molecular formula is C18H30O4. The summed E-state index contributed by atoms with van der Waals surface area (Å²) in [4.78, 5) is 33.4. The van der Waals surface area contributed by atoms with Gasteiger partial charge in [-0.15, -0.1) is 0 Å². The lowest BCUT2D eigenvalue weighted by molar-refractivity contribution is -0.137. The summed E-state index contributed by atoms with van der Waals surface area (Å²) in [5, 5.41) is 8.49. The molecule has 0 aliphatic carbocycles. The van der Waals surface area contributed by atoms with Crippen LogP contribution in [0.1, 0.15) is 84.0 Å². The zero-order chi connectivity index (χ0) is 16.6. The molecule has 0 unspecified atom stereocenters. The number of ketones is 2. The summed E-state index contributed by atoms with van der Waals surface area (Å²) in [7, 11) is 0. The Kier molecular flexibility index (Phi) is 13.5. The van der Waals surface area contributed by atoms with E-state index in [0.717, 1.165) is 51.4 Å². The maximum absolute atomic E-state index is 11.6. The van der Waals surface area contributed by atoms with Gasteiger partial charge in [-0.3, -0.25) is 14.4 Å². The van der Waals surface area contributed by atoms with Crippen LogP contribution in [0.3, 0.4) is 0 Å². The van der Waals surface area contributed by atoms with Gasteiger partial charge in [-0.2, -0.15) is 0 Å². The number of unbranched alkanes of at least 4 members (excludes halogenated alkanes) is 7. The smallest absolute Gasteiger partial charge is 0.303 e. The molecule has 0 amide bonds. The molecular weight excluding hydrogens is 280 g/mol. The molecule has 0 aromatic rings. The lowest BCUT2D eigenvalue weighted by Crippen LogP contribution is -1.97. The van der Waals surface area contributed by atoms with E-state index in [4.69, 9.17) is 5.11 Å². The van der Waals surface area contributed by atoms with Crippen LogP contribution in [0, 0.1) is 0 Å². The quantitative estimate of drug-likeness (QED) is 0.358. The van der Waals surface area contributed by atoms with E-state index in [2.05, 4.69) is 6.92 Å². The molecule has 1 N–H and O–H groups in total. The van der Waals surface area contributed by atoms with Crippen molar-refractivity contribution < 1.29 is 19.5 Å². The Morgan fingerprint density at radius 1 is 0.682 bits per heavy atom. The Hall–Kier alpha value is -1.45. The zero-order valence-corrected chi connectivity index (χ0v) is 13.8. The van der Waals surface area contributed by atoms with Gasteiger partial charge < -0.3 is 5.11 Å². The van der Waals surface area contributed by atoms with Crippen molar-refractivity contribution in [2.45, 2.75) is 84.0 Å². The van der Waals surface area contributed by atoms with E-state index < -0.39 is 5.97 Å².